The summed E-state index contributed by atoms with van der Waals surface area (Å²) in [6.45, 7) is 2.25. The maximum atomic E-state index is 11.7. The molecule has 0 aliphatic carbocycles. The van der Waals surface area contributed by atoms with Gasteiger partial charge in [0, 0.05) is 0 Å². The van der Waals surface area contributed by atoms with Crippen LogP contribution in [0.1, 0.15) is 6.92 Å². The van der Waals surface area contributed by atoms with Gasteiger partial charge in [0.25, 0.3) is 5.09 Å². The molecule has 2 rings (SSSR count). The van der Waals surface area contributed by atoms with Crippen molar-refractivity contribution in [3.05, 3.63) is 10.1 Å². The van der Waals surface area contributed by atoms with Crippen molar-refractivity contribution >= 4 is 11.2 Å². The van der Waals surface area contributed by atoms with E-state index in [-0.39, 0.29) is 18.0 Å². The molecule has 0 aromatic heterocycles. The van der Waals surface area contributed by atoms with Crippen LogP contribution < -0.4 is 0 Å². The Labute approximate surface area is 95.3 Å². The summed E-state index contributed by atoms with van der Waals surface area (Å²) in [4.78, 5) is 14.7. The molecular formula is C8H13NO6S. The molecule has 2 aliphatic heterocycles. The SMILES string of the molecule is CC[S@+]([O-])[C@H]1CO[C@H]2[C@@H]1OC[C@H]2O[N+](=O)[O-]. The van der Waals surface area contributed by atoms with E-state index in [0.717, 1.165) is 0 Å². The Morgan fingerprint density at radius 1 is 1.44 bits per heavy atom. The minimum absolute atomic E-state index is 0.119. The first-order chi connectivity index (χ1) is 7.63. The third-order valence-electron chi connectivity index (χ3n) is 2.81. The molecule has 7 nitrogen and oxygen atoms in total. The van der Waals surface area contributed by atoms with E-state index in [4.69, 9.17) is 9.47 Å². The largest absolute Gasteiger partial charge is 0.616 e. The maximum absolute atomic E-state index is 11.7. The fourth-order valence-electron chi connectivity index (χ4n) is 2.07. The zero-order valence-corrected chi connectivity index (χ0v) is 9.55. The Bertz CT molecular complexity index is 277. The highest BCUT2D eigenvalue weighted by Gasteiger charge is 2.53. The summed E-state index contributed by atoms with van der Waals surface area (Å²) < 4.78 is 22.4. The van der Waals surface area contributed by atoms with Crippen molar-refractivity contribution in [1.29, 1.82) is 0 Å². The lowest BCUT2D eigenvalue weighted by Crippen LogP contribution is -2.38. The molecule has 16 heavy (non-hydrogen) atoms. The van der Waals surface area contributed by atoms with E-state index in [0.29, 0.717) is 12.4 Å². The second kappa shape index (κ2) is 4.74. The predicted molar refractivity (Wildman–Crippen MR) is 53.8 cm³/mol. The minimum Gasteiger partial charge on any atom is -0.616 e. The van der Waals surface area contributed by atoms with Crippen molar-refractivity contribution in [2.75, 3.05) is 19.0 Å². The molecule has 0 aromatic carbocycles. The molecule has 92 valence electrons. The molecule has 0 bridgehead atoms. The van der Waals surface area contributed by atoms with Crippen LogP contribution in [-0.4, -0.2) is 52.2 Å². The molecule has 0 amide bonds. The average molecular weight is 251 g/mol. The lowest BCUT2D eigenvalue weighted by Gasteiger charge is -2.19. The molecule has 0 N–H and O–H groups in total. The second-order valence-electron chi connectivity index (χ2n) is 3.67. The van der Waals surface area contributed by atoms with E-state index in [2.05, 4.69) is 4.84 Å². The first-order valence-corrected chi connectivity index (χ1v) is 6.43. The normalized spacial score (nSPS) is 39.4. The van der Waals surface area contributed by atoms with Crippen molar-refractivity contribution in [3.8, 4) is 0 Å². The van der Waals surface area contributed by atoms with Crippen LogP contribution in [0.15, 0.2) is 0 Å². The molecule has 5 atom stereocenters. The molecule has 0 saturated carbocycles. The lowest BCUT2D eigenvalue weighted by molar-refractivity contribution is -0.769. The number of rotatable bonds is 4. The summed E-state index contributed by atoms with van der Waals surface area (Å²) in [7, 11) is 0. The van der Waals surface area contributed by atoms with E-state index >= 15 is 0 Å². The van der Waals surface area contributed by atoms with Gasteiger partial charge in [-0.2, -0.15) is 0 Å². The van der Waals surface area contributed by atoms with Gasteiger partial charge >= 0.3 is 0 Å². The van der Waals surface area contributed by atoms with E-state index in [1.807, 2.05) is 6.92 Å². The van der Waals surface area contributed by atoms with Crippen molar-refractivity contribution in [1.82, 2.24) is 0 Å². The molecule has 0 spiro atoms. The first-order valence-electron chi connectivity index (χ1n) is 5.05. The van der Waals surface area contributed by atoms with Gasteiger partial charge in [-0.3, -0.25) is 0 Å². The summed E-state index contributed by atoms with van der Waals surface area (Å²) in [6.07, 6.45) is -1.50. The van der Waals surface area contributed by atoms with Crippen LogP contribution >= 0.6 is 0 Å². The summed E-state index contributed by atoms with van der Waals surface area (Å²) in [5.74, 6) is 0.529. The van der Waals surface area contributed by atoms with Gasteiger partial charge in [0.15, 0.2) is 11.4 Å². The predicted octanol–water partition coefficient (Wildman–Crippen LogP) is -0.502. The Morgan fingerprint density at radius 2 is 2.12 bits per heavy atom. The third-order valence-corrected chi connectivity index (χ3v) is 4.45. The van der Waals surface area contributed by atoms with Crippen molar-refractivity contribution in [2.45, 2.75) is 30.5 Å². The van der Waals surface area contributed by atoms with Crippen molar-refractivity contribution < 1.29 is 24.0 Å². The standard InChI is InChI=1S/C8H13NO6S/c1-2-16(12)6-4-14-7-5(15-9(10)11)3-13-8(6)7/h5-8H,2-4H2,1H3/t5-,6+,7-,8-,16+/m1/s1. The van der Waals surface area contributed by atoms with Gasteiger partial charge in [-0.1, -0.05) is 0 Å². The summed E-state index contributed by atoms with van der Waals surface area (Å²) in [5, 5.41) is 9.19. The van der Waals surface area contributed by atoms with Crippen LogP contribution in [-0.2, 0) is 25.5 Å². The van der Waals surface area contributed by atoms with E-state index < -0.39 is 28.5 Å². The summed E-state index contributed by atoms with van der Waals surface area (Å²) in [6, 6.07) is 0. The summed E-state index contributed by atoms with van der Waals surface area (Å²) in [5.41, 5.74) is 0. The number of fused-ring (bicyclic) bond motifs is 1. The van der Waals surface area contributed by atoms with Crippen LogP contribution in [0.3, 0.4) is 0 Å². The molecule has 2 heterocycles. The van der Waals surface area contributed by atoms with Crippen molar-refractivity contribution in [2.24, 2.45) is 0 Å². The van der Waals surface area contributed by atoms with E-state index in [1.165, 1.54) is 0 Å². The smallest absolute Gasteiger partial charge is 0.294 e. The highest BCUT2D eigenvalue weighted by Crippen LogP contribution is 2.32. The molecular weight excluding hydrogens is 238 g/mol. The van der Waals surface area contributed by atoms with Crippen LogP contribution in [0, 0.1) is 10.1 Å². The number of hydrogen-bond acceptors (Lipinski definition) is 6. The minimum atomic E-state index is -1.02. The molecule has 0 radical (unpaired) electrons. The van der Waals surface area contributed by atoms with Gasteiger partial charge in [-0.15, -0.1) is 10.1 Å². The van der Waals surface area contributed by atoms with E-state index in [9.17, 15) is 14.7 Å². The highest BCUT2D eigenvalue weighted by molar-refractivity contribution is 7.92. The Kier molecular flexibility index (Phi) is 3.53. The molecule has 0 unspecified atom stereocenters. The van der Waals surface area contributed by atoms with Crippen LogP contribution in [0.5, 0.6) is 0 Å². The van der Waals surface area contributed by atoms with Gasteiger partial charge in [0.1, 0.15) is 18.0 Å². The first kappa shape index (κ1) is 11.9. The Balaban J connectivity index is 1.98. The van der Waals surface area contributed by atoms with E-state index in [1.54, 1.807) is 0 Å². The van der Waals surface area contributed by atoms with Gasteiger partial charge in [-0.05, 0) is 18.1 Å². The second-order valence-corrected chi connectivity index (χ2v) is 5.62. The summed E-state index contributed by atoms with van der Waals surface area (Å²) >= 11 is -1.02. The fourth-order valence-corrected chi connectivity index (χ4v) is 3.26. The molecule has 2 fully saturated rings. The Hall–Kier alpha value is -0.570. The quantitative estimate of drug-likeness (QED) is 0.380. The van der Waals surface area contributed by atoms with Crippen LogP contribution in [0.4, 0.5) is 0 Å². The zero-order chi connectivity index (χ0) is 11.7. The fraction of sp³-hybridized carbons (Fsp3) is 1.00. The van der Waals surface area contributed by atoms with Crippen LogP contribution in [0.25, 0.3) is 0 Å². The number of nitrogens with zero attached hydrogens (tertiary/aromatic N) is 1. The van der Waals surface area contributed by atoms with Gasteiger partial charge in [0.05, 0.1) is 13.2 Å². The Morgan fingerprint density at radius 3 is 2.75 bits per heavy atom. The molecule has 0 aromatic rings. The highest BCUT2D eigenvalue weighted by atomic mass is 32.2. The van der Waals surface area contributed by atoms with Gasteiger partial charge in [-0.25, -0.2) is 0 Å². The molecule has 8 heteroatoms. The lowest BCUT2D eigenvalue weighted by atomic mass is 10.1. The van der Waals surface area contributed by atoms with Gasteiger partial charge < -0.3 is 18.9 Å². The topological polar surface area (TPSA) is 93.9 Å². The zero-order valence-electron chi connectivity index (χ0n) is 8.74. The maximum Gasteiger partial charge on any atom is 0.294 e. The van der Waals surface area contributed by atoms with Crippen LogP contribution in [0.2, 0.25) is 0 Å². The monoisotopic (exact) mass is 251 g/mol. The average Bonchev–Trinajstić information content (AvgIpc) is 2.79. The molecule has 2 aliphatic rings. The number of ether oxygens (including phenoxy) is 2. The van der Waals surface area contributed by atoms with Crippen molar-refractivity contribution in [3.63, 3.8) is 0 Å². The van der Waals surface area contributed by atoms with Gasteiger partial charge in [0.2, 0.25) is 0 Å². The number of hydrogen-bond donors (Lipinski definition) is 0. The molecule has 2 saturated heterocycles. The third kappa shape index (κ3) is 2.10.